The van der Waals surface area contributed by atoms with Gasteiger partial charge in [0.2, 0.25) is 0 Å². The number of carbonyl (C=O) groups is 1. The number of benzene rings is 1. The number of thiophene rings is 1. The normalized spacial score (nSPS) is 10.2. The fourth-order valence-corrected chi connectivity index (χ4v) is 2.49. The average molecular weight is 246 g/mol. The molecule has 2 nitrogen and oxygen atoms in total. The highest BCUT2D eigenvalue weighted by Crippen LogP contribution is 2.35. The molecule has 1 heterocycles. The van der Waals surface area contributed by atoms with Crippen LogP contribution in [-0.2, 0) is 4.79 Å². The van der Waals surface area contributed by atoms with Gasteiger partial charge in [0.25, 0.3) is 0 Å². The predicted octanol–water partition coefficient (Wildman–Crippen LogP) is 4.04. The Hall–Kier alpha value is -1.61. The van der Waals surface area contributed by atoms with Crippen LogP contribution in [0.15, 0.2) is 36.4 Å². The fraction of sp³-hybridized carbons (Fsp3) is 0.214. The Balaban J connectivity index is 2.28. The lowest BCUT2D eigenvalue weighted by atomic mass is 10.1. The van der Waals surface area contributed by atoms with Gasteiger partial charge in [-0.25, -0.2) is 0 Å². The van der Waals surface area contributed by atoms with Gasteiger partial charge in [-0.3, -0.25) is 4.79 Å². The first kappa shape index (κ1) is 11.9. The van der Waals surface area contributed by atoms with Crippen molar-refractivity contribution in [2.45, 2.75) is 20.3 Å². The molecule has 0 N–H and O–H groups in total. The van der Waals surface area contributed by atoms with E-state index in [4.69, 9.17) is 4.74 Å². The molecule has 0 aliphatic carbocycles. The largest absolute Gasteiger partial charge is 0.415 e. The second kappa shape index (κ2) is 5.15. The molecular weight excluding hydrogens is 232 g/mol. The number of hydrogen-bond donors (Lipinski definition) is 0. The van der Waals surface area contributed by atoms with Gasteiger partial charge < -0.3 is 4.74 Å². The third-order valence-corrected chi connectivity index (χ3v) is 3.41. The van der Waals surface area contributed by atoms with E-state index in [1.807, 2.05) is 31.2 Å². The number of ether oxygens (including phenoxy) is 1. The van der Waals surface area contributed by atoms with E-state index in [9.17, 15) is 4.79 Å². The zero-order valence-electron chi connectivity index (χ0n) is 9.90. The summed E-state index contributed by atoms with van der Waals surface area (Å²) >= 11 is 1.51. The van der Waals surface area contributed by atoms with Gasteiger partial charge in [0.15, 0.2) is 5.06 Å². The van der Waals surface area contributed by atoms with Crippen molar-refractivity contribution in [3.63, 3.8) is 0 Å². The highest BCUT2D eigenvalue weighted by atomic mass is 32.1. The molecule has 0 atom stereocenters. The van der Waals surface area contributed by atoms with Crippen molar-refractivity contribution < 1.29 is 9.53 Å². The monoisotopic (exact) mass is 246 g/mol. The number of hydrogen-bond acceptors (Lipinski definition) is 3. The Bertz CT molecular complexity index is 514. The molecule has 0 aliphatic heterocycles. The molecule has 0 aliphatic rings. The van der Waals surface area contributed by atoms with Crippen molar-refractivity contribution in [1.82, 2.24) is 0 Å². The van der Waals surface area contributed by atoms with E-state index in [1.165, 1.54) is 11.3 Å². The summed E-state index contributed by atoms with van der Waals surface area (Å²) < 4.78 is 5.23. The molecule has 1 aromatic heterocycles. The average Bonchev–Trinajstić information content (AvgIpc) is 2.71. The molecule has 2 rings (SSSR count). The summed E-state index contributed by atoms with van der Waals surface area (Å²) in [6.45, 7) is 3.83. The number of rotatable bonds is 3. The third kappa shape index (κ3) is 2.74. The molecular formula is C14H14O2S. The zero-order valence-corrected chi connectivity index (χ0v) is 10.7. The molecule has 0 fully saturated rings. The summed E-state index contributed by atoms with van der Waals surface area (Å²) in [4.78, 5) is 12.4. The topological polar surface area (TPSA) is 26.3 Å². The maximum absolute atomic E-state index is 11.2. The third-order valence-electron chi connectivity index (χ3n) is 2.48. The van der Waals surface area contributed by atoms with Crippen LogP contribution in [-0.4, -0.2) is 5.97 Å². The van der Waals surface area contributed by atoms with Crippen LogP contribution in [0.25, 0.3) is 11.1 Å². The smallest absolute Gasteiger partial charge is 0.311 e. The summed E-state index contributed by atoms with van der Waals surface area (Å²) in [6, 6.07) is 12.0. The first-order valence-electron chi connectivity index (χ1n) is 5.57. The second-order valence-electron chi connectivity index (χ2n) is 3.73. The molecule has 2 aromatic rings. The lowest BCUT2D eigenvalue weighted by Crippen LogP contribution is -2.03. The van der Waals surface area contributed by atoms with E-state index in [0.29, 0.717) is 11.5 Å². The van der Waals surface area contributed by atoms with E-state index < -0.39 is 0 Å². The van der Waals surface area contributed by atoms with Crippen LogP contribution >= 0.6 is 11.3 Å². The molecule has 3 heteroatoms. The van der Waals surface area contributed by atoms with Crippen molar-refractivity contribution in [2.75, 3.05) is 0 Å². The Kier molecular flexibility index (Phi) is 3.59. The summed E-state index contributed by atoms with van der Waals surface area (Å²) in [5.74, 6) is -0.189. The van der Waals surface area contributed by atoms with Crippen LogP contribution in [0, 0.1) is 6.92 Å². The Morgan fingerprint density at radius 2 is 2.00 bits per heavy atom. The van der Waals surface area contributed by atoms with Crippen molar-refractivity contribution >= 4 is 17.3 Å². The second-order valence-corrected chi connectivity index (χ2v) is 4.95. The molecule has 0 saturated carbocycles. The molecule has 17 heavy (non-hydrogen) atoms. The number of carbonyl (C=O) groups excluding carboxylic acids is 1. The van der Waals surface area contributed by atoms with Crippen LogP contribution in [0.2, 0.25) is 0 Å². The van der Waals surface area contributed by atoms with Gasteiger partial charge in [-0.1, -0.05) is 37.3 Å². The Labute approximate surface area is 105 Å². The van der Waals surface area contributed by atoms with Crippen LogP contribution in [0.5, 0.6) is 5.06 Å². The highest BCUT2D eigenvalue weighted by Gasteiger charge is 2.10. The van der Waals surface area contributed by atoms with E-state index >= 15 is 0 Å². The molecule has 0 spiro atoms. The van der Waals surface area contributed by atoms with E-state index in [-0.39, 0.29) is 5.97 Å². The Morgan fingerprint density at radius 1 is 1.29 bits per heavy atom. The van der Waals surface area contributed by atoms with Crippen LogP contribution in [0.3, 0.4) is 0 Å². The van der Waals surface area contributed by atoms with Crippen LogP contribution < -0.4 is 4.74 Å². The van der Waals surface area contributed by atoms with E-state index in [2.05, 4.69) is 12.1 Å². The van der Waals surface area contributed by atoms with Gasteiger partial charge in [-0.05, 0) is 18.1 Å². The van der Waals surface area contributed by atoms with Crippen molar-refractivity contribution in [2.24, 2.45) is 0 Å². The van der Waals surface area contributed by atoms with Gasteiger partial charge in [-0.2, -0.15) is 0 Å². The summed E-state index contributed by atoms with van der Waals surface area (Å²) in [5.41, 5.74) is 2.29. The van der Waals surface area contributed by atoms with Gasteiger partial charge in [-0.15, -0.1) is 11.3 Å². The van der Waals surface area contributed by atoms with Gasteiger partial charge in [0.1, 0.15) is 0 Å². The van der Waals surface area contributed by atoms with Gasteiger partial charge in [0.05, 0.1) is 0 Å². The summed E-state index contributed by atoms with van der Waals surface area (Å²) in [6.07, 6.45) is 0.400. The molecule has 0 bridgehead atoms. The maximum Gasteiger partial charge on any atom is 0.311 e. The molecule has 0 saturated heterocycles. The molecule has 0 radical (unpaired) electrons. The molecule has 0 amide bonds. The number of aryl methyl sites for hydroxylation is 1. The SMILES string of the molecule is CCC(=O)Oc1cc(-c2ccccc2)c(C)s1. The lowest BCUT2D eigenvalue weighted by molar-refractivity contribution is -0.133. The summed E-state index contributed by atoms with van der Waals surface area (Å²) in [7, 11) is 0. The van der Waals surface area contributed by atoms with E-state index in [1.54, 1.807) is 6.92 Å². The molecule has 0 unspecified atom stereocenters. The Morgan fingerprint density at radius 3 is 2.65 bits per heavy atom. The quantitative estimate of drug-likeness (QED) is 0.764. The molecule has 1 aromatic carbocycles. The van der Waals surface area contributed by atoms with Crippen LogP contribution in [0.4, 0.5) is 0 Å². The minimum Gasteiger partial charge on any atom is -0.415 e. The van der Waals surface area contributed by atoms with Crippen molar-refractivity contribution in [3.05, 3.63) is 41.3 Å². The first-order valence-corrected chi connectivity index (χ1v) is 6.39. The summed E-state index contributed by atoms with van der Waals surface area (Å²) in [5, 5.41) is 0.674. The number of esters is 1. The maximum atomic E-state index is 11.2. The first-order chi connectivity index (χ1) is 8.20. The molecule has 88 valence electrons. The van der Waals surface area contributed by atoms with Gasteiger partial charge >= 0.3 is 5.97 Å². The van der Waals surface area contributed by atoms with Gasteiger partial charge in [0, 0.05) is 17.4 Å². The van der Waals surface area contributed by atoms with Crippen molar-refractivity contribution in [1.29, 1.82) is 0 Å². The van der Waals surface area contributed by atoms with E-state index in [0.717, 1.165) is 16.0 Å². The minimum atomic E-state index is -0.189. The lowest BCUT2D eigenvalue weighted by Gasteiger charge is -1.98. The van der Waals surface area contributed by atoms with Crippen molar-refractivity contribution in [3.8, 4) is 16.2 Å². The standard InChI is InChI=1S/C14H14O2S/c1-3-13(15)16-14-9-12(10(2)17-14)11-7-5-4-6-8-11/h4-9H,3H2,1-2H3. The fourth-order valence-electron chi connectivity index (χ4n) is 1.59. The highest BCUT2D eigenvalue weighted by molar-refractivity contribution is 7.14. The van der Waals surface area contributed by atoms with Crippen LogP contribution in [0.1, 0.15) is 18.2 Å². The minimum absolute atomic E-state index is 0.189. The zero-order chi connectivity index (χ0) is 12.3. The predicted molar refractivity (Wildman–Crippen MR) is 70.4 cm³/mol.